The Balaban J connectivity index is 1.76. The molecule has 4 heteroatoms. The Morgan fingerprint density at radius 2 is 1.74 bits per heavy atom. The lowest BCUT2D eigenvalue weighted by Gasteiger charge is -2.58. The molecule has 19 heavy (non-hydrogen) atoms. The predicted molar refractivity (Wildman–Crippen MR) is 69.6 cm³/mol. The van der Waals surface area contributed by atoms with E-state index in [0.717, 1.165) is 26.2 Å². The monoisotopic (exact) mass is 259 g/mol. The smallest absolute Gasteiger partial charge is 0.241 e. The van der Waals surface area contributed by atoms with Crippen LogP contribution in [0.5, 0.6) is 0 Å². The van der Waals surface area contributed by atoms with Crippen LogP contribution in [0.1, 0.15) is 25.6 Å². The van der Waals surface area contributed by atoms with E-state index in [-0.39, 0.29) is 10.8 Å². The number of ketones is 1. The van der Waals surface area contributed by atoms with Crippen LogP contribution in [0.2, 0.25) is 0 Å². The first-order chi connectivity index (χ1) is 9.02. The number of hydrogen-bond donors (Lipinski definition) is 2. The number of hydrogen-bond acceptors (Lipinski definition) is 2. The molecule has 4 saturated heterocycles. The van der Waals surface area contributed by atoms with E-state index >= 15 is 0 Å². The molecule has 0 unspecified atom stereocenters. The van der Waals surface area contributed by atoms with Crippen molar-refractivity contribution in [3.63, 3.8) is 0 Å². The SMILES string of the molecule is CC12C[NH+]3CC(C)(C[NH+](C1)C3c1cccnc1)C2=O. The highest BCUT2D eigenvalue weighted by Gasteiger charge is 2.68. The maximum absolute atomic E-state index is 12.6. The van der Waals surface area contributed by atoms with Crippen molar-refractivity contribution in [2.75, 3.05) is 26.2 Å². The van der Waals surface area contributed by atoms with Gasteiger partial charge >= 0.3 is 0 Å². The number of nitrogens with zero attached hydrogens (tertiary/aromatic N) is 1. The average molecular weight is 259 g/mol. The van der Waals surface area contributed by atoms with Crippen molar-refractivity contribution in [2.24, 2.45) is 10.8 Å². The van der Waals surface area contributed by atoms with E-state index in [0.29, 0.717) is 11.9 Å². The summed E-state index contributed by atoms with van der Waals surface area (Å²) in [4.78, 5) is 20.0. The van der Waals surface area contributed by atoms with Gasteiger partial charge in [0, 0.05) is 12.4 Å². The number of Topliss-reactive ketones (excluding diaryl/α,β-unsaturated/α-hetero) is 1. The Kier molecular flexibility index (Phi) is 2.09. The van der Waals surface area contributed by atoms with Crippen molar-refractivity contribution >= 4 is 5.78 Å². The van der Waals surface area contributed by atoms with Crippen LogP contribution in [-0.4, -0.2) is 36.9 Å². The van der Waals surface area contributed by atoms with Gasteiger partial charge in [0.25, 0.3) is 0 Å². The number of nitrogens with one attached hydrogen (secondary N) is 2. The number of carbonyl (C=O) groups is 1. The number of pyridine rings is 1. The van der Waals surface area contributed by atoms with Crippen LogP contribution in [-0.2, 0) is 4.79 Å². The molecule has 5 rings (SSSR count). The summed E-state index contributed by atoms with van der Waals surface area (Å²) < 4.78 is 0. The number of rotatable bonds is 1. The summed E-state index contributed by atoms with van der Waals surface area (Å²) in [6.45, 7) is 8.31. The summed E-state index contributed by atoms with van der Waals surface area (Å²) in [5.74, 6) is 0.511. The second kappa shape index (κ2) is 3.44. The summed E-state index contributed by atoms with van der Waals surface area (Å²) in [6, 6.07) is 4.21. The highest BCUT2D eigenvalue weighted by Crippen LogP contribution is 2.35. The van der Waals surface area contributed by atoms with Crippen LogP contribution < -0.4 is 9.80 Å². The summed E-state index contributed by atoms with van der Waals surface area (Å²) in [7, 11) is 0. The van der Waals surface area contributed by atoms with Crippen LogP contribution in [0, 0.1) is 10.8 Å². The van der Waals surface area contributed by atoms with Crippen molar-refractivity contribution in [3.05, 3.63) is 30.1 Å². The van der Waals surface area contributed by atoms with Gasteiger partial charge in [-0.25, -0.2) is 0 Å². The van der Waals surface area contributed by atoms with E-state index in [1.165, 1.54) is 5.56 Å². The molecule has 0 spiro atoms. The van der Waals surface area contributed by atoms with Crippen molar-refractivity contribution in [2.45, 2.75) is 20.0 Å². The van der Waals surface area contributed by atoms with Gasteiger partial charge in [0.05, 0.1) is 31.7 Å². The molecule has 1 aromatic rings. The van der Waals surface area contributed by atoms with Gasteiger partial charge in [-0.2, -0.15) is 0 Å². The Morgan fingerprint density at radius 3 is 2.21 bits per heavy atom. The molecule has 4 bridgehead atoms. The molecule has 0 aliphatic carbocycles. The standard InChI is InChI=1S/C15H19N3O/c1-14-7-17-9-15(2,13(14)19)10-18(8-14)12(17)11-4-3-5-16-6-11/h3-6,12H,7-10H2,1-2H3/p+2. The van der Waals surface area contributed by atoms with E-state index in [2.05, 4.69) is 24.9 Å². The molecule has 0 amide bonds. The maximum Gasteiger partial charge on any atom is 0.241 e. The molecular formula is C15H21N3O+2. The second-order valence-electron chi connectivity index (χ2n) is 7.19. The zero-order valence-electron chi connectivity index (χ0n) is 11.6. The third-order valence-electron chi connectivity index (χ3n) is 5.40. The number of carbonyl (C=O) groups excluding carboxylic acids is 1. The van der Waals surface area contributed by atoms with Crippen LogP contribution in [0.25, 0.3) is 0 Å². The number of quaternary nitrogens is 2. The topological polar surface area (TPSA) is 38.8 Å². The summed E-state index contributed by atoms with van der Waals surface area (Å²) >= 11 is 0. The number of piperidine rings is 2. The lowest BCUT2D eigenvalue weighted by Crippen LogP contribution is -3.41. The summed E-state index contributed by atoms with van der Waals surface area (Å²) in [5.41, 5.74) is 1.12. The molecular weight excluding hydrogens is 238 g/mol. The molecule has 100 valence electrons. The third-order valence-corrected chi connectivity index (χ3v) is 5.40. The Morgan fingerprint density at radius 1 is 1.16 bits per heavy atom. The van der Waals surface area contributed by atoms with Crippen molar-refractivity contribution < 1.29 is 14.6 Å². The van der Waals surface area contributed by atoms with Crippen molar-refractivity contribution in [1.29, 1.82) is 0 Å². The first-order valence-corrected chi connectivity index (χ1v) is 7.16. The highest BCUT2D eigenvalue weighted by molar-refractivity contribution is 5.91. The zero-order valence-corrected chi connectivity index (χ0v) is 11.6. The van der Waals surface area contributed by atoms with Crippen molar-refractivity contribution in [3.8, 4) is 0 Å². The first-order valence-electron chi connectivity index (χ1n) is 7.16. The molecule has 0 aromatic carbocycles. The summed E-state index contributed by atoms with van der Waals surface area (Å²) in [6.07, 6.45) is 4.31. The van der Waals surface area contributed by atoms with Crippen molar-refractivity contribution in [1.82, 2.24) is 4.98 Å². The minimum Gasteiger partial charge on any atom is -0.297 e. The maximum atomic E-state index is 12.6. The molecule has 4 nitrogen and oxygen atoms in total. The molecule has 4 aliphatic heterocycles. The quantitative estimate of drug-likeness (QED) is 0.642. The van der Waals surface area contributed by atoms with E-state index < -0.39 is 0 Å². The summed E-state index contributed by atoms with van der Waals surface area (Å²) in [5, 5.41) is 0. The Bertz CT molecular complexity index is 502. The molecule has 4 fully saturated rings. The zero-order chi connectivity index (χ0) is 13.3. The Hall–Kier alpha value is -1.26. The molecule has 1 aromatic heterocycles. The molecule has 5 heterocycles. The normalized spacial score (nSPS) is 47.7. The minimum atomic E-state index is -0.103. The van der Waals surface area contributed by atoms with Crippen LogP contribution in [0.15, 0.2) is 24.5 Å². The van der Waals surface area contributed by atoms with Gasteiger partial charge in [0.1, 0.15) is 10.8 Å². The largest absolute Gasteiger partial charge is 0.297 e. The molecule has 2 N–H and O–H groups in total. The van der Waals surface area contributed by atoms with Gasteiger partial charge in [-0.05, 0) is 26.0 Å². The second-order valence-corrected chi connectivity index (χ2v) is 7.19. The van der Waals surface area contributed by atoms with E-state index in [1.807, 2.05) is 18.5 Å². The van der Waals surface area contributed by atoms with Gasteiger partial charge in [0.15, 0.2) is 5.78 Å². The molecule has 0 saturated carbocycles. The van der Waals surface area contributed by atoms with Crippen LogP contribution >= 0.6 is 0 Å². The lowest BCUT2D eigenvalue weighted by atomic mass is 9.62. The fraction of sp³-hybridized carbons (Fsp3) is 0.600. The van der Waals surface area contributed by atoms with E-state index in [4.69, 9.17) is 0 Å². The fourth-order valence-corrected chi connectivity index (χ4v) is 5.02. The fourth-order valence-electron chi connectivity index (χ4n) is 5.02. The highest BCUT2D eigenvalue weighted by atomic mass is 16.1. The molecule has 0 radical (unpaired) electrons. The predicted octanol–water partition coefficient (Wildman–Crippen LogP) is -1.53. The van der Waals surface area contributed by atoms with Gasteiger partial charge in [-0.15, -0.1) is 0 Å². The van der Waals surface area contributed by atoms with Gasteiger partial charge in [-0.3, -0.25) is 19.6 Å². The van der Waals surface area contributed by atoms with Gasteiger partial charge in [0.2, 0.25) is 6.17 Å². The van der Waals surface area contributed by atoms with Gasteiger partial charge < -0.3 is 0 Å². The molecule has 0 atom stereocenters. The lowest BCUT2D eigenvalue weighted by molar-refractivity contribution is -1.18. The van der Waals surface area contributed by atoms with E-state index in [1.54, 1.807) is 9.80 Å². The van der Waals surface area contributed by atoms with Crippen LogP contribution in [0.3, 0.4) is 0 Å². The van der Waals surface area contributed by atoms with Crippen LogP contribution in [0.4, 0.5) is 0 Å². The minimum absolute atomic E-state index is 0.103. The third kappa shape index (κ3) is 1.41. The van der Waals surface area contributed by atoms with E-state index in [9.17, 15) is 4.79 Å². The Labute approximate surface area is 113 Å². The number of aromatic nitrogens is 1. The average Bonchev–Trinajstić information content (AvgIpc) is 2.36. The van der Waals surface area contributed by atoms with Gasteiger partial charge in [-0.1, -0.05) is 0 Å². The first kappa shape index (κ1) is 11.6. The molecule has 4 aliphatic rings.